The SMILES string of the molecule is CCn1cc(NC(=O)[C@H]2CCCC[C@H]2C(=O)O)c(C(=O)NC2CCCCC2)n1. The van der Waals surface area contributed by atoms with Crippen LogP contribution in [0.2, 0.25) is 0 Å². The van der Waals surface area contributed by atoms with Crippen LogP contribution in [0.4, 0.5) is 5.69 Å². The molecule has 0 radical (unpaired) electrons. The standard InChI is InChI=1S/C20H30N4O4/c1-2-24-12-16(17(23-24)19(26)21-13-8-4-3-5-9-13)22-18(25)14-10-6-7-11-15(14)20(27)28/h12-15H,2-11H2,1H3,(H,21,26)(H,22,25)(H,27,28)/t14-,15+/m0/s1. The molecule has 2 aliphatic rings. The molecule has 1 aromatic rings. The Labute approximate surface area is 165 Å². The highest BCUT2D eigenvalue weighted by molar-refractivity contribution is 6.03. The van der Waals surface area contributed by atoms with Crippen molar-refractivity contribution in [3.8, 4) is 0 Å². The lowest BCUT2D eigenvalue weighted by atomic mass is 9.78. The van der Waals surface area contributed by atoms with E-state index in [0.29, 0.717) is 25.1 Å². The van der Waals surface area contributed by atoms with Gasteiger partial charge in [0.15, 0.2) is 5.69 Å². The van der Waals surface area contributed by atoms with Crippen LogP contribution in [0.3, 0.4) is 0 Å². The summed E-state index contributed by atoms with van der Waals surface area (Å²) in [6.07, 6.45) is 9.71. The molecule has 28 heavy (non-hydrogen) atoms. The molecule has 2 fully saturated rings. The molecule has 2 atom stereocenters. The van der Waals surface area contributed by atoms with Crippen molar-refractivity contribution >= 4 is 23.5 Å². The van der Waals surface area contributed by atoms with Gasteiger partial charge in [0.1, 0.15) is 0 Å². The average molecular weight is 390 g/mol. The second-order valence-corrected chi connectivity index (χ2v) is 7.88. The Morgan fingerprint density at radius 3 is 2.36 bits per heavy atom. The second-order valence-electron chi connectivity index (χ2n) is 7.88. The van der Waals surface area contributed by atoms with E-state index in [1.54, 1.807) is 10.9 Å². The zero-order valence-electron chi connectivity index (χ0n) is 16.4. The quantitative estimate of drug-likeness (QED) is 0.691. The number of aryl methyl sites for hydroxylation is 1. The molecule has 154 valence electrons. The van der Waals surface area contributed by atoms with Crippen LogP contribution in [-0.2, 0) is 16.1 Å². The molecule has 8 nitrogen and oxygen atoms in total. The summed E-state index contributed by atoms with van der Waals surface area (Å²) >= 11 is 0. The molecule has 2 aliphatic carbocycles. The first-order chi connectivity index (χ1) is 13.5. The van der Waals surface area contributed by atoms with E-state index in [4.69, 9.17) is 0 Å². The van der Waals surface area contributed by atoms with E-state index in [1.807, 2.05) is 6.92 Å². The van der Waals surface area contributed by atoms with E-state index >= 15 is 0 Å². The number of nitrogens with zero attached hydrogens (tertiary/aromatic N) is 2. The molecule has 2 amide bonds. The van der Waals surface area contributed by atoms with Crippen molar-refractivity contribution in [3.63, 3.8) is 0 Å². The molecule has 0 aliphatic heterocycles. The van der Waals surface area contributed by atoms with E-state index in [1.165, 1.54) is 6.42 Å². The molecule has 1 heterocycles. The number of carboxylic acid groups (broad SMARTS) is 1. The topological polar surface area (TPSA) is 113 Å². The predicted octanol–water partition coefficient (Wildman–Crippen LogP) is 2.80. The van der Waals surface area contributed by atoms with E-state index in [2.05, 4.69) is 15.7 Å². The van der Waals surface area contributed by atoms with Gasteiger partial charge in [-0.3, -0.25) is 19.1 Å². The van der Waals surface area contributed by atoms with Crippen LogP contribution >= 0.6 is 0 Å². The van der Waals surface area contributed by atoms with Gasteiger partial charge in [0.25, 0.3) is 5.91 Å². The minimum Gasteiger partial charge on any atom is -0.481 e. The van der Waals surface area contributed by atoms with E-state index < -0.39 is 17.8 Å². The van der Waals surface area contributed by atoms with E-state index in [-0.39, 0.29) is 23.6 Å². The molecule has 0 saturated heterocycles. The molecule has 0 spiro atoms. The maximum atomic E-state index is 12.8. The van der Waals surface area contributed by atoms with Crippen LogP contribution in [0.5, 0.6) is 0 Å². The number of carbonyl (C=O) groups excluding carboxylic acids is 2. The number of hydrogen-bond donors (Lipinski definition) is 3. The number of carbonyl (C=O) groups is 3. The summed E-state index contributed by atoms with van der Waals surface area (Å²) in [4.78, 5) is 37.1. The number of carboxylic acids is 1. The number of rotatable bonds is 6. The number of hydrogen-bond acceptors (Lipinski definition) is 4. The smallest absolute Gasteiger partial charge is 0.307 e. The van der Waals surface area contributed by atoms with Gasteiger partial charge in [-0.05, 0) is 32.6 Å². The summed E-state index contributed by atoms with van der Waals surface area (Å²) in [5.41, 5.74) is 0.554. The van der Waals surface area contributed by atoms with Crippen LogP contribution in [0.15, 0.2) is 6.20 Å². The number of aliphatic carboxylic acids is 1. The zero-order chi connectivity index (χ0) is 20.1. The summed E-state index contributed by atoms with van der Waals surface area (Å²) in [5, 5.41) is 19.6. The van der Waals surface area contributed by atoms with Crippen molar-refractivity contribution in [1.29, 1.82) is 0 Å². The van der Waals surface area contributed by atoms with Crippen molar-refractivity contribution in [2.24, 2.45) is 11.8 Å². The molecular weight excluding hydrogens is 360 g/mol. The lowest BCUT2D eigenvalue weighted by Crippen LogP contribution is -2.38. The molecule has 3 rings (SSSR count). The first kappa shape index (κ1) is 20.4. The monoisotopic (exact) mass is 390 g/mol. The van der Waals surface area contributed by atoms with Gasteiger partial charge >= 0.3 is 5.97 Å². The van der Waals surface area contributed by atoms with Crippen molar-refractivity contribution in [2.45, 2.75) is 77.3 Å². The fourth-order valence-electron chi connectivity index (χ4n) is 4.31. The van der Waals surface area contributed by atoms with Crippen molar-refractivity contribution in [3.05, 3.63) is 11.9 Å². The van der Waals surface area contributed by atoms with Crippen molar-refractivity contribution < 1.29 is 19.5 Å². The third-order valence-corrected chi connectivity index (χ3v) is 5.92. The minimum atomic E-state index is -0.931. The molecule has 0 unspecified atom stereocenters. The highest BCUT2D eigenvalue weighted by Gasteiger charge is 2.36. The Balaban J connectivity index is 1.73. The van der Waals surface area contributed by atoms with Crippen molar-refractivity contribution in [1.82, 2.24) is 15.1 Å². The predicted molar refractivity (Wildman–Crippen MR) is 104 cm³/mol. The zero-order valence-corrected chi connectivity index (χ0v) is 16.4. The summed E-state index contributed by atoms with van der Waals surface area (Å²) in [6, 6.07) is 0.145. The van der Waals surface area contributed by atoms with Gasteiger partial charge < -0.3 is 15.7 Å². The maximum absolute atomic E-state index is 12.8. The van der Waals surface area contributed by atoms with Gasteiger partial charge in [0, 0.05) is 18.8 Å². The van der Waals surface area contributed by atoms with Crippen LogP contribution < -0.4 is 10.6 Å². The van der Waals surface area contributed by atoms with Gasteiger partial charge in [0.2, 0.25) is 5.91 Å². The number of aromatic nitrogens is 2. The lowest BCUT2D eigenvalue weighted by Gasteiger charge is -2.27. The molecule has 0 aromatic carbocycles. The number of amides is 2. The highest BCUT2D eigenvalue weighted by atomic mass is 16.4. The van der Waals surface area contributed by atoms with E-state index in [0.717, 1.165) is 38.5 Å². The molecule has 8 heteroatoms. The van der Waals surface area contributed by atoms with Gasteiger partial charge in [0.05, 0.1) is 17.5 Å². The van der Waals surface area contributed by atoms with Gasteiger partial charge in [-0.25, -0.2) is 0 Å². The number of anilines is 1. The van der Waals surface area contributed by atoms with Crippen molar-refractivity contribution in [2.75, 3.05) is 5.32 Å². The summed E-state index contributed by atoms with van der Waals surface area (Å²) < 4.78 is 1.61. The Morgan fingerprint density at radius 1 is 1.07 bits per heavy atom. The van der Waals surface area contributed by atoms with Crippen LogP contribution in [-0.4, -0.2) is 38.7 Å². The molecular formula is C20H30N4O4. The summed E-state index contributed by atoms with van der Waals surface area (Å²) in [7, 11) is 0. The lowest BCUT2D eigenvalue weighted by molar-refractivity contribution is -0.147. The van der Waals surface area contributed by atoms with Gasteiger partial charge in [-0.2, -0.15) is 5.10 Å². The fraction of sp³-hybridized carbons (Fsp3) is 0.700. The maximum Gasteiger partial charge on any atom is 0.307 e. The largest absolute Gasteiger partial charge is 0.481 e. The fourth-order valence-corrected chi connectivity index (χ4v) is 4.31. The summed E-state index contributed by atoms with van der Waals surface area (Å²) in [6.45, 7) is 2.48. The molecule has 1 aromatic heterocycles. The van der Waals surface area contributed by atoms with Crippen LogP contribution in [0, 0.1) is 11.8 Å². The third kappa shape index (κ3) is 4.72. The molecule has 3 N–H and O–H groups in total. The Morgan fingerprint density at radius 2 is 1.71 bits per heavy atom. The molecule has 2 saturated carbocycles. The van der Waals surface area contributed by atoms with Gasteiger partial charge in [-0.1, -0.05) is 32.1 Å². The van der Waals surface area contributed by atoms with E-state index in [9.17, 15) is 19.5 Å². The Bertz CT molecular complexity index is 724. The van der Waals surface area contributed by atoms with Gasteiger partial charge in [-0.15, -0.1) is 0 Å². The highest BCUT2D eigenvalue weighted by Crippen LogP contribution is 2.31. The Hall–Kier alpha value is -2.38. The first-order valence-corrected chi connectivity index (χ1v) is 10.4. The minimum absolute atomic E-state index is 0.145. The Kier molecular flexibility index (Phi) is 6.70. The first-order valence-electron chi connectivity index (χ1n) is 10.4. The average Bonchev–Trinajstić information content (AvgIpc) is 3.11. The molecule has 0 bridgehead atoms. The number of nitrogens with one attached hydrogen (secondary N) is 2. The van der Waals surface area contributed by atoms with Crippen LogP contribution in [0.25, 0.3) is 0 Å². The van der Waals surface area contributed by atoms with Crippen LogP contribution in [0.1, 0.15) is 75.2 Å². The normalized spacial score (nSPS) is 23.2. The third-order valence-electron chi connectivity index (χ3n) is 5.92. The second kappa shape index (κ2) is 9.21. The summed E-state index contributed by atoms with van der Waals surface area (Å²) in [5.74, 6) is -2.80.